The third-order valence-electron chi connectivity index (χ3n) is 11.4. The fraction of sp³-hybridized carbons (Fsp3) is 0. The van der Waals surface area contributed by atoms with Gasteiger partial charge in [0.1, 0.15) is 0 Å². The van der Waals surface area contributed by atoms with E-state index in [-0.39, 0.29) is 0 Å². The van der Waals surface area contributed by atoms with Crippen LogP contribution in [0.25, 0.3) is 111 Å². The fourth-order valence-electron chi connectivity index (χ4n) is 8.57. The summed E-state index contributed by atoms with van der Waals surface area (Å²) < 4.78 is 0. The number of hydrogen-bond donors (Lipinski definition) is 0. The Balaban J connectivity index is 1.13. The topological polar surface area (TPSA) is 38.7 Å². The Morgan fingerprint density at radius 2 is 0.603 bits per heavy atom. The van der Waals surface area contributed by atoms with Crippen molar-refractivity contribution < 1.29 is 0 Å². The van der Waals surface area contributed by atoms with Crippen molar-refractivity contribution in [1.82, 2.24) is 15.0 Å². The lowest BCUT2D eigenvalue weighted by atomic mass is 9.92. The van der Waals surface area contributed by atoms with Crippen LogP contribution >= 0.6 is 0 Å². The zero-order valence-electron chi connectivity index (χ0n) is 31.5. The van der Waals surface area contributed by atoms with Gasteiger partial charge in [-0.05, 0) is 94.7 Å². The molecule has 0 saturated heterocycles. The molecule has 11 aromatic rings. The molecule has 0 radical (unpaired) electrons. The summed E-state index contributed by atoms with van der Waals surface area (Å²) in [5.41, 5.74) is 9.73. The van der Waals surface area contributed by atoms with Gasteiger partial charge in [0.25, 0.3) is 0 Å². The van der Waals surface area contributed by atoms with E-state index in [1.54, 1.807) is 0 Å². The van der Waals surface area contributed by atoms with Crippen molar-refractivity contribution in [2.45, 2.75) is 0 Å². The molecule has 0 aliphatic rings. The van der Waals surface area contributed by atoms with Crippen molar-refractivity contribution in [3.05, 3.63) is 212 Å². The molecule has 0 unspecified atom stereocenters. The van der Waals surface area contributed by atoms with E-state index in [9.17, 15) is 0 Å². The van der Waals surface area contributed by atoms with E-state index < -0.39 is 0 Å². The van der Waals surface area contributed by atoms with Crippen LogP contribution in [0.3, 0.4) is 0 Å². The van der Waals surface area contributed by atoms with Crippen LogP contribution in [-0.4, -0.2) is 15.0 Å². The first kappa shape index (κ1) is 33.6. The van der Waals surface area contributed by atoms with Crippen LogP contribution in [-0.2, 0) is 0 Å². The maximum atomic E-state index is 5.35. The molecule has 1 aromatic heterocycles. The van der Waals surface area contributed by atoms with E-state index in [0.717, 1.165) is 49.4 Å². The van der Waals surface area contributed by atoms with Gasteiger partial charge in [-0.15, -0.1) is 0 Å². The van der Waals surface area contributed by atoms with Crippen molar-refractivity contribution in [1.29, 1.82) is 0 Å². The van der Waals surface area contributed by atoms with Gasteiger partial charge in [-0.1, -0.05) is 194 Å². The second-order valence-electron chi connectivity index (χ2n) is 14.7. The minimum absolute atomic E-state index is 0.630. The molecule has 3 heteroatoms. The van der Waals surface area contributed by atoms with E-state index in [0.29, 0.717) is 17.5 Å². The zero-order valence-corrected chi connectivity index (χ0v) is 31.5. The smallest absolute Gasteiger partial charge is 0.164 e. The van der Waals surface area contributed by atoms with E-state index in [4.69, 9.17) is 15.0 Å². The standard InChI is InChI=1S/C55H35N3/c1-3-15-36(16-4-1)42-21-9-14-26-50(42)53-56-54(51-33-31-43(37-17-5-2-6-18-37)46-22-10-12-24-48(46)51)58-55(57-53)52-34-32-45(47-23-11-13-25-49(47)52)40-29-30-44-39(35-40)28-27-38-19-7-8-20-41(38)44/h1-35H. The lowest BCUT2D eigenvalue weighted by molar-refractivity contribution is 1.08. The molecule has 0 N–H and O–H groups in total. The minimum atomic E-state index is 0.630. The molecule has 0 amide bonds. The molecule has 0 fully saturated rings. The molecule has 10 aromatic carbocycles. The van der Waals surface area contributed by atoms with Crippen LogP contribution < -0.4 is 0 Å². The number of hydrogen-bond acceptors (Lipinski definition) is 3. The zero-order chi connectivity index (χ0) is 38.4. The molecule has 3 nitrogen and oxygen atoms in total. The van der Waals surface area contributed by atoms with Gasteiger partial charge in [-0.25, -0.2) is 15.0 Å². The van der Waals surface area contributed by atoms with Crippen molar-refractivity contribution in [2.24, 2.45) is 0 Å². The van der Waals surface area contributed by atoms with Crippen LogP contribution in [0.5, 0.6) is 0 Å². The average Bonchev–Trinajstić information content (AvgIpc) is 3.31. The van der Waals surface area contributed by atoms with E-state index in [1.165, 1.54) is 43.8 Å². The third kappa shape index (κ3) is 5.80. The number of benzene rings is 10. The summed E-state index contributed by atoms with van der Waals surface area (Å²) in [5, 5.41) is 9.47. The van der Waals surface area contributed by atoms with Gasteiger partial charge in [-0.3, -0.25) is 0 Å². The fourth-order valence-corrected chi connectivity index (χ4v) is 8.57. The highest BCUT2D eigenvalue weighted by Crippen LogP contribution is 2.40. The monoisotopic (exact) mass is 737 g/mol. The second-order valence-corrected chi connectivity index (χ2v) is 14.7. The first-order valence-electron chi connectivity index (χ1n) is 19.7. The van der Waals surface area contributed by atoms with Crippen LogP contribution in [0.4, 0.5) is 0 Å². The summed E-state index contributed by atoms with van der Waals surface area (Å²) >= 11 is 0. The van der Waals surface area contributed by atoms with Crippen LogP contribution in [0.1, 0.15) is 0 Å². The normalized spacial score (nSPS) is 11.4. The van der Waals surface area contributed by atoms with Gasteiger partial charge in [0.15, 0.2) is 17.5 Å². The molecule has 270 valence electrons. The maximum absolute atomic E-state index is 5.35. The van der Waals surface area contributed by atoms with Crippen LogP contribution in [0, 0.1) is 0 Å². The summed E-state index contributed by atoms with van der Waals surface area (Å²) in [6.45, 7) is 0. The highest BCUT2D eigenvalue weighted by atomic mass is 15.0. The minimum Gasteiger partial charge on any atom is -0.208 e. The summed E-state index contributed by atoms with van der Waals surface area (Å²) in [6, 6.07) is 75.2. The molecular formula is C55H35N3. The maximum Gasteiger partial charge on any atom is 0.164 e. The van der Waals surface area contributed by atoms with Crippen molar-refractivity contribution >= 4 is 43.1 Å². The van der Waals surface area contributed by atoms with Gasteiger partial charge in [0.05, 0.1) is 0 Å². The van der Waals surface area contributed by atoms with Gasteiger partial charge < -0.3 is 0 Å². The summed E-state index contributed by atoms with van der Waals surface area (Å²) in [6.07, 6.45) is 0. The van der Waals surface area contributed by atoms with Crippen molar-refractivity contribution in [2.75, 3.05) is 0 Å². The molecule has 0 bridgehead atoms. The van der Waals surface area contributed by atoms with Crippen LogP contribution in [0.15, 0.2) is 212 Å². The predicted molar refractivity (Wildman–Crippen MR) is 242 cm³/mol. The largest absolute Gasteiger partial charge is 0.208 e. The van der Waals surface area contributed by atoms with Crippen LogP contribution in [0.2, 0.25) is 0 Å². The Bertz CT molecular complexity index is 3340. The van der Waals surface area contributed by atoms with Crippen molar-refractivity contribution in [3.63, 3.8) is 0 Å². The number of aromatic nitrogens is 3. The van der Waals surface area contributed by atoms with E-state index in [2.05, 4.69) is 206 Å². The van der Waals surface area contributed by atoms with Gasteiger partial charge in [0, 0.05) is 16.7 Å². The Kier molecular flexibility index (Phi) is 8.15. The average molecular weight is 738 g/mol. The first-order valence-corrected chi connectivity index (χ1v) is 19.7. The summed E-state index contributed by atoms with van der Waals surface area (Å²) in [4.78, 5) is 16.0. The summed E-state index contributed by atoms with van der Waals surface area (Å²) in [5.74, 6) is 1.89. The Morgan fingerprint density at radius 1 is 0.207 bits per heavy atom. The highest BCUT2D eigenvalue weighted by molar-refractivity contribution is 6.10. The van der Waals surface area contributed by atoms with Gasteiger partial charge in [-0.2, -0.15) is 0 Å². The molecule has 58 heavy (non-hydrogen) atoms. The van der Waals surface area contributed by atoms with Gasteiger partial charge in [0.2, 0.25) is 0 Å². The lowest BCUT2D eigenvalue weighted by Crippen LogP contribution is -2.02. The number of rotatable bonds is 6. The SMILES string of the molecule is c1ccc(-c2ccccc2-c2nc(-c3ccc(-c4ccccc4)c4ccccc34)nc(-c3ccc(-c4ccc5c(ccc6ccccc65)c4)c4ccccc34)n2)cc1. The molecule has 0 atom stereocenters. The third-order valence-corrected chi connectivity index (χ3v) is 11.4. The number of fused-ring (bicyclic) bond motifs is 5. The highest BCUT2D eigenvalue weighted by Gasteiger charge is 2.20. The second kappa shape index (κ2) is 14.1. The quantitative estimate of drug-likeness (QED) is 0.160. The summed E-state index contributed by atoms with van der Waals surface area (Å²) in [7, 11) is 0. The number of nitrogens with zero attached hydrogens (tertiary/aromatic N) is 3. The Hall–Kier alpha value is -7.75. The molecular weight excluding hydrogens is 703 g/mol. The lowest BCUT2D eigenvalue weighted by Gasteiger charge is -2.16. The van der Waals surface area contributed by atoms with E-state index in [1.807, 2.05) is 6.07 Å². The van der Waals surface area contributed by atoms with Gasteiger partial charge >= 0.3 is 0 Å². The Labute approximate surface area is 336 Å². The molecule has 1 heterocycles. The molecule has 0 aliphatic carbocycles. The molecule has 0 spiro atoms. The molecule has 11 rings (SSSR count). The van der Waals surface area contributed by atoms with Crippen molar-refractivity contribution in [3.8, 4) is 67.5 Å². The van der Waals surface area contributed by atoms with E-state index >= 15 is 0 Å². The Morgan fingerprint density at radius 3 is 1.21 bits per heavy atom. The first-order chi connectivity index (χ1) is 28.8. The predicted octanol–water partition coefficient (Wildman–Crippen LogP) is 14.5. The molecule has 0 aliphatic heterocycles. The molecule has 0 saturated carbocycles.